The maximum absolute atomic E-state index is 13.2. The van der Waals surface area contributed by atoms with Gasteiger partial charge < -0.3 is 18.9 Å². The smallest absolute Gasteiger partial charge is 0.336 e. The molecule has 0 spiro atoms. The molecule has 2 aliphatic heterocycles. The molecule has 0 saturated heterocycles. The summed E-state index contributed by atoms with van der Waals surface area (Å²) < 4.78 is 21.7. The van der Waals surface area contributed by atoms with Gasteiger partial charge in [-0.25, -0.2) is 4.79 Å². The third-order valence-corrected chi connectivity index (χ3v) is 5.53. The number of halogens is 1. The molecule has 30 heavy (non-hydrogen) atoms. The van der Waals surface area contributed by atoms with Crippen molar-refractivity contribution >= 4 is 29.2 Å². The summed E-state index contributed by atoms with van der Waals surface area (Å²) in [4.78, 5) is 27.4. The molecule has 156 valence electrons. The van der Waals surface area contributed by atoms with E-state index in [1.54, 1.807) is 36.4 Å². The van der Waals surface area contributed by atoms with Gasteiger partial charge in [0.05, 0.1) is 38.3 Å². The van der Waals surface area contributed by atoms with Gasteiger partial charge in [-0.1, -0.05) is 23.7 Å². The van der Waals surface area contributed by atoms with E-state index in [9.17, 15) is 9.59 Å². The molecule has 2 heterocycles. The van der Waals surface area contributed by atoms with E-state index in [2.05, 4.69) is 0 Å². The van der Waals surface area contributed by atoms with Crippen LogP contribution in [0.4, 0.5) is 5.69 Å². The molecule has 0 aliphatic carbocycles. The van der Waals surface area contributed by atoms with E-state index in [-0.39, 0.29) is 18.9 Å². The fourth-order valence-electron chi connectivity index (χ4n) is 4.03. The zero-order valence-electron chi connectivity index (χ0n) is 16.7. The number of methoxy groups -OCH3 is 3. The van der Waals surface area contributed by atoms with Crippen molar-refractivity contribution in [1.82, 2.24) is 0 Å². The molecule has 1 amide bonds. The first-order valence-electron chi connectivity index (χ1n) is 9.27. The number of rotatable bonds is 5. The standard InChI is InChI=1S/C22H20ClNO6/c1-27-17-8-7-14(20(28-2)21(17)29-3)15-10-18(25)24(13-6-4-5-12(23)9-13)16-11-30-22(26)19(15)16/h4-9,15H,10-11H2,1-3H3/t15-/m0/s1. The lowest BCUT2D eigenvalue weighted by atomic mass is 9.83. The number of amides is 1. The van der Waals surface area contributed by atoms with E-state index in [1.807, 2.05) is 0 Å². The average Bonchev–Trinajstić information content (AvgIpc) is 3.13. The van der Waals surface area contributed by atoms with Crippen molar-refractivity contribution in [3.8, 4) is 17.2 Å². The van der Waals surface area contributed by atoms with Gasteiger partial charge in [0.25, 0.3) is 0 Å². The van der Waals surface area contributed by atoms with Crippen LogP contribution in [0.3, 0.4) is 0 Å². The minimum Gasteiger partial charge on any atom is -0.493 e. The Balaban J connectivity index is 1.88. The molecule has 1 atom stereocenters. The van der Waals surface area contributed by atoms with Gasteiger partial charge in [-0.05, 0) is 24.3 Å². The Morgan fingerprint density at radius 3 is 2.47 bits per heavy atom. The first kappa shape index (κ1) is 20.1. The number of hydrogen-bond donors (Lipinski definition) is 0. The van der Waals surface area contributed by atoms with Gasteiger partial charge in [0.15, 0.2) is 11.5 Å². The second-order valence-corrected chi connectivity index (χ2v) is 7.26. The van der Waals surface area contributed by atoms with E-state index >= 15 is 0 Å². The molecule has 0 aromatic heterocycles. The summed E-state index contributed by atoms with van der Waals surface area (Å²) in [5.74, 6) is 0.146. The Labute approximate surface area is 178 Å². The van der Waals surface area contributed by atoms with Crippen LogP contribution in [0.2, 0.25) is 5.02 Å². The lowest BCUT2D eigenvalue weighted by Crippen LogP contribution is -2.37. The third-order valence-electron chi connectivity index (χ3n) is 5.29. The molecule has 0 N–H and O–H groups in total. The molecule has 2 aliphatic rings. The summed E-state index contributed by atoms with van der Waals surface area (Å²) in [6, 6.07) is 10.4. The summed E-state index contributed by atoms with van der Waals surface area (Å²) in [5, 5.41) is 0.497. The van der Waals surface area contributed by atoms with Crippen LogP contribution >= 0.6 is 11.6 Å². The molecular weight excluding hydrogens is 410 g/mol. The van der Waals surface area contributed by atoms with Gasteiger partial charge in [-0.2, -0.15) is 0 Å². The summed E-state index contributed by atoms with van der Waals surface area (Å²) in [6.45, 7) is 0.0124. The molecule has 0 fully saturated rings. The molecule has 4 rings (SSSR count). The zero-order valence-corrected chi connectivity index (χ0v) is 17.5. The molecule has 0 bridgehead atoms. The van der Waals surface area contributed by atoms with Gasteiger partial charge in [-0.15, -0.1) is 0 Å². The van der Waals surface area contributed by atoms with Crippen LogP contribution in [-0.2, 0) is 14.3 Å². The van der Waals surface area contributed by atoms with Gasteiger partial charge in [0.1, 0.15) is 6.61 Å². The summed E-state index contributed by atoms with van der Waals surface area (Å²) in [7, 11) is 4.54. The van der Waals surface area contributed by atoms with Crippen molar-refractivity contribution in [3.05, 3.63) is 58.3 Å². The van der Waals surface area contributed by atoms with Crippen LogP contribution in [0.15, 0.2) is 47.7 Å². The van der Waals surface area contributed by atoms with Gasteiger partial charge >= 0.3 is 5.97 Å². The highest BCUT2D eigenvalue weighted by Crippen LogP contribution is 2.49. The second-order valence-electron chi connectivity index (χ2n) is 6.83. The predicted molar refractivity (Wildman–Crippen MR) is 110 cm³/mol. The number of hydrogen-bond acceptors (Lipinski definition) is 6. The molecule has 0 unspecified atom stereocenters. The fraction of sp³-hybridized carbons (Fsp3) is 0.273. The van der Waals surface area contributed by atoms with Gasteiger partial charge in [-0.3, -0.25) is 9.69 Å². The van der Waals surface area contributed by atoms with Crippen LogP contribution in [0.25, 0.3) is 0 Å². The summed E-state index contributed by atoms with van der Waals surface area (Å²) >= 11 is 6.11. The minimum atomic E-state index is -0.535. The number of nitrogens with zero attached hydrogens (tertiary/aromatic N) is 1. The van der Waals surface area contributed by atoms with Crippen LogP contribution in [0.1, 0.15) is 17.9 Å². The van der Waals surface area contributed by atoms with Crippen LogP contribution in [0.5, 0.6) is 17.2 Å². The maximum atomic E-state index is 13.2. The molecular formula is C22H20ClNO6. The SMILES string of the molecule is COc1ccc([C@@H]2CC(=O)N(c3cccc(Cl)c3)C3=C2C(=O)OC3)c(OC)c1OC. The van der Waals surface area contributed by atoms with E-state index in [0.29, 0.717) is 44.8 Å². The zero-order chi connectivity index (χ0) is 21.4. The topological polar surface area (TPSA) is 74.3 Å². The third kappa shape index (κ3) is 3.15. The molecule has 0 radical (unpaired) electrons. The van der Waals surface area contributed by atoms with Crippen molar-refractivity contribution in [2.75, 3.05) is 32.8 Å². The Morgan fingerprint density at radius 1 is 1.03 bits per heavy atom. The second kappa shape index (κ2) is 7.91. The largest absolute Gasteiger partial charge is 0.493 e. The highest BCUT2D eigenvalue weighted by atomic mass is 35.5. The summed E-state index contributed by atoms with van der Waals surface area (Å²) in [5.41, 5.74) is 2.19. The number of anilines is 1. The monoisotopic (exact) mass is 429 g/mol. The minimum absolute atomic E-state index is 0.0124. The predicted octanol–water partition coefficient (Wildman–Crippen LogP) is 3.70. The lowest BCUT2D eigenvalue weighted by molar-refractivity contribution is -0.136. The summed E-state index contributed by atoms with van der Waals surface area (Å²) in [6.07, 6.45) is 0.0618. The molecule has 0 saturated carbocycles. The Hall–Kier alpha value is -3.19. The Bertz CT molecular complexity index is 1060. The maximum Gasteiger partial charge on any atom is 0.336 e. The van der Waals surface area contributed by atoms with E-state index in [4.69, 9.17) is 30.5 Å². The number of carbonyl (C=O) groups is 2. The quantitative estimate of drug-likeness (QED) is 0.675. The Morgan fingerprint density at radius 2 is 1.80 bits per heavy atom. The van der Waals surface area contributed by atoms with Crippen LogP contribution < -0.4 is 19.1 Å². The normalized spacial score (nSPS) is 18.3. The highest BCUT2D eigenvalue weighted by molar-refractivity contribution is 6.31. The first-order valence-corrected chi connectivity index (χ1v) is 9.65. The van der Waals surface area contributed by atoms with Crippen molar-refractivity contribution in [3.63, 3.8) is 0 Å². The Kier molecular flexibility index (Phi) is 5.30. The highest BCUT2D eigenvalue weighted by Gasteiger charge is 2.44. The van der Waals surface area contributed by atoms with Gasteiger partial charge in [0.2, 0.25) is 11.7 Å². The van der Waals surface area contributed by atoms with Crippen LogP contribution in [0, 0.1) is 0 Å². The van der Waals surface area contributed by atoms with E-state index in [1.165, 1.54) is 26.2 Å². The fourth-order valence-corrected chi connectivity index (χ4v) is 4.22. The lowest BCUT2D eigenvalue weighted by Gasteiger charge is -2.32. The first-order chi connectivity index (χ1) is 14.5. The number of esters is 1. The number of ether oxygens (including phenoxy) is 4. The molecule has 8 heteroatoms. The number of benzene rings is 2. The molecule has 2 aromatic rings. The average molecular weight is 430 g/mol. The van der Waals surface area contributed by atoms with Crippen LogP contribution in [-0.4, -0.2) is 39.8 Å². The number of carbonyl (C=O) groups excluding carboxylic acids is 2. The van der Waals surface area contributed by atoms with Crippen molar-refractivity contribution in [2.45, 2.75) is 12.3 Å². The van der Waals surface area contributed by atoms with E-state index < -0.39 is 11.9 Å². The van der Waals surface area contributed by atoms with Crippen molar-refractivity contribution in [2.24, 2.45) is 0 Å². The van der Waals surface area contributed by atoms with E-state index in [0.717, 1.165) is 0 Å². The van der Waals surface area contributed by atoms with Crippen molar-refractivity contribution < 1.29 is 28.5 Å². The van der Waals surface area contributed by atoms with Crippen molar-refractivity contribution in [1.29, 1.82) is 0 Å². The van der Waals surface area contributed by atoms with Gasteiger partial charge in [0, 0.05) is 22.9 Å². The number of cyclic esters (lactones) is 1. The molecule has 7 nitrogen and oxygen atoms in total. The molecule has 2 aromatic carbocycles.